The lowest BCUT2D eigenvalue weighted by Gasteiger charge is -2.18. The van der Waals surface area contributed by atoms with Crippen molar-refractivity contribution in [3.8, 4) is 0 Å². The molecule has 0 heterocycles. The Bertz CT molecular complexity index is 364. The highest BCUT2D eigenvalue weighted by Crippen LogP contribution is 2.39. The maximum absolute atomic E-state index is 12.0. The Labute approximate surface area is 126 Å². The van der Waals surface area contributed by atoms with Crippen LogP contribution < -0.4 is 0 Å². The predicted octanol–water partition coefficient (Wildman–Crippen LogP) is 6.26. The maximum Gasteiger partial charge on any atom is 0.453 e. The normalized spacial score (nSPS) is 13.1. The highest BCUT2D eigenvalue weighted by molar-refractivity contribution is 4.77. The van der Waals surface area contributed by atoms with Crippen LogP contribution in [0.25, 0.3) is 4.85 Å². The molecule has 0 N–H and O–H groups in total. The molecule has 0 saturated heterocycles. The molecule has 0 aromatic rings. The SMILES string of the molecule is CCCCC(F)(F)C(F)(F)F.[C-]#[N+]CCCC(F)(F)C(F)(F)F. The molecule has 0 saturated carbocycles. The van der Waals surface area contributed by atoms with Crippen molar-refractivity contribution in [2.24, 2.45) is 0 Å². The fourth-order valence-electron chi connectivity index (χ4n) is 1.06. The summed E-state index contributed by atoms with van der Waals surface area (Å²) in [5.74, 6) is -9.17. The first-order chi connectivity index (χ1) is 10.1. The van der Waals surface area contributed by atoms with E-state index in [1.54, 1.807) is 6.92 Å². The molecule has 0 aliphatic heterocycles. The standard InChI is InChI=1S/C6H6F5N.C6H9F5/c1-12-4-2-3-5(7,8)6(9,10)11;1-2-3-4-5(7,8)6(9,10)11/h2-4H2;2-4H2,1H3. The zero-order valence-corrected chi connectivity index (χ0v) is 12.0. The van der Waals surface area contributed by atoms with Crippen LogP contribution in [0.1, 0.15) is 39.0 Å². The molecule has 1 nitrogen and oxygen atoms in total. The predicted molar refractivity (Wildman–Crippen MR) is 62.2 cm³/mol. The second-order valence-corrected chi connectivity index (χ2v) is 4.49. The van der Waals surface area contributed by atoms with Crippen molar-refractivity contribution in [2.75, 3.05) is 6.54 Å². The fraction of sp³-hybridized carbons (Fsp3) is 0.917. The maximum atomic E-state index is 12.0. The average molecular weight is 363 g/mol. The minimum atomic E-state index is -5.49. The van der Waals surface area contributed by atoms with E-state index in [1.165, 1.54) is 0 Å². The Morgan fingerprint density at radius 3 is 1.30 bits per heavy atom. The number of alkyl halides is 10. The van der Waals surface area contributed by atoms with Gasteiger partial charge in [0.25, 0.3) is 0 Å². The van der Waals surface area contributed by atoms with Crippen molar-refractivity contribution >= 4 is 0 Å². The van der Waals surface area contributed by atoms with Gasteiger partial charge in [-0.05, 0) is 6.42 Å². The van der Waals surface area contributed by atoms with Gasteiger partial charge in [-0.1, -0.05) is 13.3 Å². The molecule has 0 amide bonds. The van der Waals surface area contributed by atoms with Gasteiger partial charge in [0.1, 0.15) is 0 Å². The third-order valence-corrected chi connectivity index (χ3v) is 2.43. The molecule has 0 atom stereocenters. The molecule has 0 unspecified atom stereocenters. The van der Waals surface area contributed by atoms with Crippen LogP contribution in [-0.2, 0) is 0 Å². The molecule has 11 heteroatoms. The zero-order chi connectivity index (χ0) is 18.9. The number of halogens is 10. The second-order valence-electron chi connectivity index (χ2n) is 4.49. The van der Waals surface area contributed by atoms with Crippen molar-refractivity contribution in [1.29, 1.82) is 0 Å². The van der Waals surface area contributed by atoms with Crippen molar-refractivity contribution in [3.63, 3.8) is 0 Å². The van der Waals surface area contributed by atoms with Crippen molar-refractivity contribution in [3.05, 3.63) is 11.4 Å². The molecule has 0 rings (SSSR count). The van der Waals surface area contributed by atoms with E-state index < -0.39 is 43.5 Å². The quantitative estimate of drug-likeness (QED) is 0.298. The summed E-state index contributed by atoms with van der Waals surface area (Å²) in [6.07, 6.45) is -13.5. The number of hydrogen-bond donors (Lipinski definition) is 0. The summed E-state index contributed by atoms with van der Waals surface area (Å²) in [6.45, 7) is 7.43. The molecule has 0 bridgehead atoms. The van der Waals surface area contributed by atoms with E-state index in [2.05, 4.69) is 4.85 Å². The van der Waals surface area contributed by atoms with Gasteiger partial charge in [0, 0.05) is 19.3 Å². The first-order valence-corrected chi connectivity index (χ1v) is 6.34. The molecular weight excluding hydrogens is 348 g/mol. The minimum absolute atomic E-state index is 0.105. The molecule has 0 aliphatic carbocycles. The lowest BCUT2D eigenvalue weighted by molar-refractivity contribution is -0.284. The fourth-order valence-corrected chi connectivity index (χ4v) is 1.06. The van der Waals surface area contributed by atoms with Crippen LogP contribution in [-0.4, -0.2) is 30.7 Å². The minimum Gasteiger partial charge on any atom is -0.317 e. The van der Waals surface area contributed by atoms with E-state index in [0.717, 1.165) is 0 Å². The lowest BCUT2D eigenvalue weighted by atomic mass is 10.1. The summed E-state index contributed by atoms with van der Waals surface area (Å²) in [7, 11) is 0. The Morgan fingerprint density at radius 2 is 1.04 bits per heavy atom. The zero-order valence-electron chi connectivity index (χ0n) is 12.0. The smallest absolute Gasteiger partial charge is 0.317 e. The molecule has 0 aliphatic rings. The summed E-state index contributed by atoms with van der Waals surface area (Å²) in [6, 6.07) is 0. The largest absolute Gasteiger partial charge is 0.453 e. The molecule has 0 fully saturated rings. The van der Waals surface area contributed by atoms with Crippen molar-refractivity contribution in [2.45, 2.75) is 63.2 Å². The number of hydrogen-bond acceptors (Lipinski definition) is 0. The number of rotatable bonds is 6. The van der Waals surface area contributed by atoms with Crippen LogP contribution in [0.15, 0.2) is 0 Å². The van der Waals surface area contributed by atoms with Crippen LogP contribution in [0, 0.1) is 6.57 Å². The van der Waals surface area contributed by atoms with Crippen molar-refractivity contribution < 1.29 is 43.9 Å². The third kappa shape index (κ3) is 9.50. The lowest BCUT2D eigenvalue weighted by Crippen LogP contribution is -2.36. The van der Waals surface area contributed by atoms with Crippen LogP contribution in [0.3, 0.4) is 0 Å². The van der Waals surface area contributed by atoms with Crippen molar-refractivity contribution in [1.82, 2.24) is 0 Å². The molecule has 23 heavy (non-hydrogen) atoms. The summed E-state index contributed by atoms with van der Waals surface area (Å²) < 4.78 is 117. The second kappa shape index (κ2) is 9.17. The van der Waals surface area contributed by atoms with Gasteiger partial charge in [-0.25, -0.2) is 6.57 Å². The van der Waals surface area contributed by atoms with Gasteiger partial charge in [-0.2, -0.15) is 43.9 Å². The highest BCUT2D eigenvalue weighted by atomic mass is 19.4. The molecule has 138 valence electrons. The summed E-state index contributed by atoms with van der Waals surface area (Å²) in [5.41, 5.74) is 0. The van der Waals surface area contributed by atoms with Crippen LogP contribution in [0.2, 0.25) is 0 Å². The van der Waals surface area contributed by atoms with Gasteiger partial charge in [-0.15, -0.1) is 0 Å². The van der Waals surface area contributed by atoms with Gasteiger partial charge in [0.15, 0.2) is 0 Å². The Balaban J connectivity index is 0. The van der Waals surface area contributed by atoms with Gasteiger partial charge in [-0.3, -0.25) is 0 Å². The topological polar surface area (TPSA) is 4.36 Å². The van der Waals surface area contributed by atoms with E-state index >= 15 is 0 Å². The van der Waals surface area contributed by atoms with E-state index in [-0.39, 0.29) is 13.0 Å². The first-order valence-electron chi connectivity index (χ1n) is 6.34. The Kier molecular flexibility index (Phi) is 9.59. The van der Waals surface area contributed by atoms with E-state index in [1.807, 2.05) is 0 Å². The molecule has 0 radical (unpaired) electrons. The monoisotopic (exact) mass is 363 g/mol. The third-order valence-electron chi connectivity index (χ3n) is 2.43. The first kappa shape index (κ1) is 24.0. The van der Waals surface area contributed by atoms with Crippen LogP contribution in [0.5, 0.6) is 0 Å². The summed E-state index contributed by atoms with van der Waals surface area (Å²) in [4.78, 5) is 2.67. The van der Waals surface area contributed by atoms with Gasteiger partial charge < -0.3 is 4.85 Å². The Morgan fingerprint density at radius 1 is 0.696 bits per heavy atom. The highest BCUT2D eigenvalue weighted by Gasteiger charge is 2.57. The van der Waals surface area contributed by atoms with E-state index in [0.29, 0.717) is 6.42 Å². The van der Waals surface area contributed by atoms with Gasteiger partial charge in [0.2, 0.25) is 6.54 Å². The summed E-state index contributed by atoms with van der Waals surface area (Å²) in [5, 5.41) is 0. The van der Waals surface area contributed by atoms with E-state index in [4.69, 9.17) is 6.57 Å². The van der Waals surface area contributed by atoms with Gasteiger partial charge in [0.05, 0.1) is 0 Å². The van der Waals surface area contributed by atoms with Gasteiger partial charge >= 0.3 is 24.2 Å². The van der Waals surface area contributed by atoms with E-state index in [9.17, 15) is 43.9 Å². The molecule has 0 aromatic heterocycles. The summed E-state index contributed by atoms with van der Waals surface area (Å²) >= 11 is 0. The van der Waals surface area contributed by atoms with Crippen LogP contribution >= 0.6 is 0 Å². The number of unbranched alkanes of at least 4 members (excludes halogenated alkanes) is 1. The Hall–Kier alpha value is -1.21. The molecule has 0 aromatic carbocycles. The molecule has 0 spiro atoms. The number of nitrogens with zero attached hydrogens (tertiary/aromatic N) is 1. The van der Waals surface area contributed by atoms with Crippen LogP contribution in [0.4, 0.5) is 43.9 Å². The molecular formula is C12H15F10N. The average Bonchev–Trinajstić information content (AvgIpc) is 2.34.